The van der Waals surface area contributed by atoms with Crippen LogP contribution >= 0.6 is 0 Å². The van der Waals surface area contributed by atoms with Gasteiger partial charge in [0.15, 0.2) is 0 Å². The number of rotatable bonds is 3. The largest absolute Gasteiger partial charge is 0.390 e. The van der Waals surface area contributed by atoms with Crippen molar-refractivity contribution in [2.75, 3.05) is 27.2 Å². The molecule has 0 aromatic heterocycles. The monoisotopic (exact) mass is 284 g/mol. The number of likely N-dealkylation sites (tertiary alicyclic amines) is 1. The van der Waals surface area contributed by atoms with Crippen LogP contribution in [0.4, 0.5) is 0 Å². The summed E-state index contributed by atoms with van der Waals surface area (Å²) in [6.07, 6.45) is -0.254. The second-order valence-corrected chi connectivity index (χ2v) is 6.37. The molecule has 1 heterocycles. The van der Waals surface area contributed by atoms with Gasteiger partial charge in [-0.15, -0.1) is 0 Å². The first kappa shape index (κ1) is 14.5. The minimum absolute atomic E-state index is 0.236. The van der Waals surface area contributed by atoms with Gasteiger partial charge in [-0.05, 0) is 42.9 Å². The molecule has 2 atom stereocenters. The predicted octanol–water partition coefficient (Wildman–Crippen LogP) is 2.25. The fourth-order valence-corrected chi connectivity index (χ4v) is 3.36. The lowest BCUT2D eigenvalue weighted by Crippen LogP contribution is -2.37. The van der Waals surface area contributed by atoms with Crippen LogP contribution in [0.5, 0.6) is 0 Å². The Morgan fingerprint density at radius 1 is 1.14 bits per heavy atom. The third-order valence-electron chi connectivity index (χ3n) is 4.65. The number of β-amino-alcohol motifs (C(OH)–C–C–N with tert-alkyl or cyclic N) is 1. The highest BCUT2D eigenvalue weighted by atomic mass is 16.3. The van der Waals surface area contributed by atoms with Crippen molar-refractivity contribution in [2.24, 2.45) is 0 Å². The number of fused-ring (bicyclic) bond motifs is 1. The van der Waals surface area contributed by atoms with Crippen LogP contribution < -0.4 is 0 Å². The second-order valence-electron chi connectivity index (χ2n) is 6.37. The molecule has 0 radical (unpaired) electrons. The van der Waals surface area contributed by atoms with Crippen molar-refractivity contribution in [1.29, 1.82) is 0 Å². The molecule has 21 heavy (non-hydrogen) atoms. The molecule has 1 saturated heterocycles. The molecule has 0 aliphatic carbocycles. The van der Waals surface area contributed by atoms with Crippen LogP contribution in [0.3, 0.4) is 0 Å². The third-order valence-corrected chi connectivity index (χ3v) is 4.65. The lowest BCUT2D eigenvalue weighted by Gasteiger charge is -2.22. The third kappa shape index (κ3) is 2.82. The van der Waals surface area contributed by atoms with E-state index in [9.17, 15) is 5.11 Å². The van der Waals surface area contributed by atoms with Gasteiger partial charge >= 0.3 is 0 Å². The summed E-state index contributed by atoms with van der Waals surface area (Å²) in [7, 11) is 4.08. The van der Waals surface area contributed by atoms with Gasteiger partial charge in [-0.1, -0.05) is 36.4 Å². The van der Waals surface area contributed by atoms with Gasteiger partial charge in [0.2, 0.25) is 0 Å². The van der Waals surface area contributed by atoms with Crippen LogP contribution in [0.15, 0.2) is 36.4 Å². The van der Waals surface area contributed by atoms with E-state index in [-0.39, 0.29) is 12.1 Å². The molecule has 0 amide bonds. The van der Waals surface area contributed by atoms with E-state index in [0.29, 0.717) is 0 Å². The maximum atomic E-state index is 10.2. The predicted molar refractivity (Wildman–Crippen MR) is 87.4 cm³/mol. The average molecular weight is 284 g/mol. The Hall–Kier alpha value is -1.42. The molecule has 2 aromatic rings. The van der Waals surface area contributed by atoms with E-state index in [0.717, 1.165) is 19.6 Å². The van der Waals surface area contributed by atoms with Crippen molar-refractivity contribution >= 4 is 10.8 Å². The van der Waals surface area contributed by atoms with Crippen LogP contribution in [0.25, 0.3) is 10.8 Å². The van der Waals surface area contributed by atoms with Crippen LogP contribution in [0.1, 0.15) is 11.1 Å². The molecular formula is C18H24N2O. The highest BCUT2D eigenvalue weighted by Gasteiger charge is 2.32. The lowest BCUT2D eigenvalue weighted by atomic mass is 9.99. The van der Waals surface area contributed by atoms with Crippen LogP contribution in [0, 0.1) is 6.92 Å². The molecule has 0 unspecified atom stereocenters. The smallest absolute Gasteiger partial charge is 0.0834 e. The first-order valence-corrected chi connectivity index (χ1v) is 7.60. The van der Waals surface area contributed by atoms with Crippen molar-refractivity contribution in [2.45, 2.75) is 25.6 Å². The average Bonchev–Trinajstić information content (AvgIpc) is 2.83. The Morgan fingerprint density at radius 3 is 2.62 bits per heavy atom. The topological polar surface area (TPSA) is 26.7 Å². The Balaban J connectivity index is 1.87. The molecular weight excluding hydrogens is 260 g/mol. The van der Waals surface area contributed by atoms with E-state index in [4.69, 9.17) is 0 Å². The van der Waals surface area contributed by atoms with E-state index in [1.807, 2.05) is 14.1 Å². The van der Waals surface area contributed by atoms with Crippen molar-refractivity contribution in [1.82, 2.24) is 9.80 Å². The first-order valence-electron chi connectivity index (χ1n) is 7.60. The Morgan fingerprint density at radius 2 is 1.90 bits per heavy atom. The van der Waals surface area contributed by atoms with Crippen molar-refractivity contribution in [3.63, 3.8) is 0 Å². The van der Waals surface area contributed by atoms with Gasteiger partial charge in [-0.25, -0.2) is 0 Å². The van der Waals surface area contributed by atoms with Crippen LogP contribution in [0.2, 0.25) is 0 Å². The van der Waals surface area contributed by atoms with Gasteiger partial charge in [-0.2, -0.15) is 0 Å². The standard InChI is InChI=1S/C18H24N2O/c1-13-8-9-14-6-4-5-7-15(14)16(13)10-20-11-17(19(2)3)18(21)12-20/h4-9,17-18,21H,10-12H2,1-3H3/t17-,18-/m0/s1. The van der Waals surface area contributed by atoms with Crippen LogP contribution in [-0.2, 0) is 6.54 Å². The van der Waals surface area contributed by atoms with Crippen molar-refractivity contribution in [3.05, 3.63) is 47.5 Å². The number of aliphatic hydroxyl groups is 1. The summed E-state index contributed by atoms with van der Waals surface area (Å²) in [4.78, 5) is 4.49. The summed E-state index contributed by atoms with van der Waals surface area (Å²) in [5.74, 6) is 0. The minimum atomic E-state index is -0.254. The summed E-state index contributed by atoms with van der Waals surface area (Å²) >= 11 is 0. The Bertz CT molecular complexity index is 638. The number of hydrogen-bond donors (Lipinski definition) is 1. The van der Waals surface area contributed by atoms with Gasteiger partial charge in [-0.3, -0.25) is 4.90 Å². The quantitative estimate of drug-likeness (QED) is 0.936. The highest BCUT2D eigenvalue weighted by molar-refractivity contribution is 5.86. The number of likely N-dealkylation sites (N-methyl/N-ethyl adjacent to an activating group) is 1. The summed E-state index contributed by atoms with van der Waals surface area (Å²) in [6.45, 7) is 4.77. The molecule has 3 rings (SSSR count). The van der Waals surface area contributed by atoms with Crippen LogP contribution in [-0.4, -0.2) is 54.2 Å². The number of benzene rings is 2. The molecule has 0 saturated carbocycles. The number of nitrogens with zero attached hydrogens (tertiary/aromatic N) is 2. The normalized spacial score (nSPS) is 23.3. The summed E-state index contributed by atoms with van der Waals surface area (Å²) < 4.78 is 0. The molecule has 0 bridgehead atoms. The second kappa shape index (κ2) is 5.76. The fraction of sp³-hybridized carbons (Fsp3) is 0.444. The SMILES string of the molecule is Cc1ccc2ccccc2c1CN1C[C@H](O)[C@@H](N(C)C)C1. The molecule has 1 N–H and O–H groups in total. The van der Waals surface area contributed by atoms with E-state index in [1.165, 1.54) is 21.9 Å². The first-order chi connectivity index (χ1) is 10.1. The van der Waals surface area contributed by atoms with Gasteiger partial charge in [0, 0.05) is 25.7 Å². The van der Waals surface area contributed by atoms with E-state index in [2.05, 4.69) is 53.1 Å². The molecule has 1 aliphatic rings. The molecule has 1 fully saturated rings. The van der Waals surface area contributed by atoms with Crippen molar-refractivity contribution in [3.8, 4) is 0 Å². The number of hydrogen-bond acceptors (Lipinski definition) is 3. The minimum Gasteiger partial charge on any atom is -0.390 e. The zero-order chi connectivity index (χ0) is 15.0. The lowest BCUT2D eigenvalue weighted by molar-refractivity contribution is 0.112. The van der Waals surface area contributed by atoms with E-state index in [1.54, 1.807) is 0 Å². The highest BCUT2D eigenvalue weighted by Crippen LogP contribution is 2.25. The molecule has 1 aliphatic heterocycles. The van der Waals surface area contributed by atoms with Gasteiger partial charge in [0.1, 0.15) is 0 Å². The number of aryl methyl sites for hydroxylation is 1. The van der Waals surface area contributed by atoms with E-state index >= 15 is 0 Å². The summed E-state index contributed by atoms with van der Waals surface area (Å²) in [5, 5.41) is 12.8. The maximum absolute atomic E-state index is 10.2. The van der Waals surface area contributed by atoms with Gasteiger partial charge in [0.05, 0.1) is 6.10 Å². The van der Waals surface area contributed by atoms with E-state index < -0.39 is 0 Å². The summed E-state index contributed by atoms with van der Waals surface area (Å²) in [6, 6.07) is 13.2. The Labute approximate surface area is 126 Å². The molecule has 112 valence electrons. The zero-order valence-electron chi connectivity index (χ0n) is 13.1. The fourth-order valence-electron chi connectivity index (χ4n) is 3.36. The van der Waals surface area contributed by atoms with Gasteiger partial charge in [0.25, 0.3) is 0 Å². The molecule has 3 heteroatoms. The van der Waals surface area contributed by atoms with Crippen molar-refractivity contribution < 1.29 is 5.11 Å². The maximum Gasteiger partial charge on any atom is 0.0834 e. The molecule has 2 aromatic carbocycles. The molecule has 3 nitrogen and oxygen atoms in total. The summed E-state index contributed by atoms with van der Waals surface area (Å²) in [5.41, 5.74) is 2.72. The number of aliphatic hydroxyl groups excluding tert-OH is 1. The molecule has 0 spiro atoms. The van der Waals surface area contributed by atoms with Gasteiger partial charge < -0.3 is 10.0 Å². The zero-order valence-corrected chi connectivity index (χ0v) is 13.1. The Kier molecular flexibility index (Phi) is 3.98.